The number of hydrogen-bond donors (Lipinski definition) is 2. The SMILES string of the molecule is C[C@H]1C[C@H](C)CN(CCCNC(=O)Cn2[nH]c(=O)ccc2=O)C1. The van der Waals surface area contributed by atoms with Crippen LogP contribution in [0.4, 0.5) is 0 Å². The van der Waals surface area contributed by atoms with E-state index in [2.05, 4.69) is 29.2 Å². The molecule has 0 spiro atoms. The molecule has 0 saturated carbocycles. The number of likely N-dealkylation sites (tertiary alicyclic amines) is 1. The Labute approximate surface area is 135 Å². The van der Waals surface area contributed by atoms with Crippen molar-refractivity contribution in [3.05, 3.63) is 32.8 Å². The molecule has 0 unspecified atom stereocenters. The van der Waals surface area contributed by atoms with Crippen molar-refractivity contribution in [2.75, 3.05) is 26.2 Å². The number of carbonyl (C=O) groups is 1. The smallest absolute Gasteiger partial charge is 0.265 e. The number of aromatic nitrogens is 2. The van der Waals surface area contributed by atoms with Crippen LogP contribution >= 0.6 is 0 Å². The van der Waals surface area contributed by atoms with E-state index >= 15 is 0 Å². The van der Waals surface area contributed by atoms with Crippen LogP contribution in [0.2, 0.25) is 0 Å². The van der Waals surface area contributed by atoms with Gasteiger partial charge < -0.3 is 10.2 Å². The molecule has 1 amide bonds. The van der Waals surface area contributed by atoms with Crippen molar-refractivity contribution < 1.29 is 4.79 Å². The van der Waals surface area contributed by atoms with Crippen molar-refractivity contribution in [3.8, 4) is 0 Å². The van der Waals surface area contributed by atoms with Gasteiger partial charge in [-0.1, -0.05) is 13.8 Å². The van der Waals surface area contributed by atoms with Gasteiger partial charge >= 0.3 is 0 Å². The Morgan fingerprint density at radius 1 is 1.26 bits per heavy atom. The monoisotopic (exact) mass is 322 g/mol. The van der Waals surface area contributed by atoms with E-state index in [0.717, 1.165) is 54.7 Å². The molecule has 7 nitrogen and oxygen atoms in total. The lowest BCUT2D eigenvalue weighted by molar-refractivity contribution is -0.121. The number of amides is 1. The maximum atomic E-state index is 11.8. The number of H-pyrrole nitrogens is 1. The number of nitrogens with one attached hydrogen (secondary N) is 2. The van der Waals surface area contributed by atoms with Gasteiger partial charge in [-0.2, -0.15) is 0 Å². The summed E-state index contributed by atoms with van der Waals surface area (Å²) in [5.74, 6) is 1.19. The quantitative estimate of drug-likeness (QED) is 0.723. The fraction of sp³-hybridized carbons (Fsp3) is 0.688. The van der Waals surface area contributed by atoms with Gasteiger partial charge in [0.25, 0.3) is 11.1 Å². The molecule has 0 aliphatic carbocycles. The molecule has 0 bridgehead atoms. The zero-order valence-corrected chi connectivity index (χ0v) is 13.9. The standard InChI is InChI=1S/C16H26N4O3/c1-12-8-13(2)10-19(9-12)7-3-6-17-15(22)11-20-16(23)5-4-14(21)18-20/h4-5,12-13H,3,6-11H2,1-2H3,(H,17,22)(H,18,21)/t12-,13-/m0/s1. The summed E-state index contributed by atoms with van der Waals surface area (Å²) >= 11 is 0. The summed E-state index contributed by atoms with van der Waals surface area (Å²) in [6.07, 6.45) is 2.17. The summed E-state index contributed by atoms with van der Waals surface area (Å²) < 4.78 is 1.02. The molecule has 2 rings (SSSR count). The number of nitrogens with zero attached hydrogens (tertiary/aromatic N) is 2. The Morgan fingerprint density at radius 3 is 2.65 bits per heavy atom. The summed E-state index contributed by atoms with van der Waals surface area (Å²) in [4.78, 5) is 36.9. The molecule has 1 saturated heterocycles. The highest BCUT2D eigenvalue weighted by Crippen LogP contribution is 2.20. The average molecular weight is 322 g/mol. The van der Waals surface area contributed by atoms with Crippen molar-refractivity contribution in [1.29, 1.82) is 0 Å². The Kier molecular flexibility index (Phi) is 6.15. The van der Waals surface area contributed by atoms with E-state index in [-0.39, 0.29) is 12.5 Å². The topological polar surface area (TPSA) is 87.2 Å². The Bertz CT molecular complexity index is 627. The van der Waals surface area contributed by atoms with Crippen LogP contribution in [0.15, 0.2) is 21.7 Å². The predicted octanol–water partition coefficient (Wildman–Crippen LogP) is 0.0208. The van der Waals surface area contributed by atoms with Crippen LogP contribution in [0.5, 0.6) is 0 Å². The van der Waals surface area contributed by atoms with Crippen molar-refractivity contribution in [2.45, 2.75) is 33.2 Å². The molecule has 0 radical (unpaired) electrons. The summed E-state index contributed by atoms with van der Waals surface area (Å²) in [5, 5.41) is 5.13. The highest BCUT2D eigenvalue weighted by Gasteiger charge is 2.21. The molecular weight excluding hydrogens is 296 g/mol. The molecule has 23 heavy (non-hydrogen) atoms. The molecule has 1 aliphatic rings. The third-order valence-corrected chi connectivity index (χ3v) is 4.11. The normalized spacial score (nSPS) is 22.0. The first-order chi connectivity index (χ1) is 10.9. The van der Waals surface area contributed by atoms with Crippen molar-refractivity contribution in [1.82, 2.24) is 20.0 Å². The first-order valence-electron chi connectivity index (χ1n) is 8.23. The van der Waals surface area contributed by atoms with E-state index in [1.54, 1.807) is 0 Å². The van der Waals surface area contributed by atoms with Gasteiger partial charge in [0.05, 0.1) is 0 Å². The van der Waals surface area contributed by atoms with Gasteiger partial charge in [-0.15, -0.1) is 0 Å². The number of rotatable bonds is 6. The number of aromatic amines is 1. The number of carbonyl (C=O) groups excluding carboxylic acids is 1. The Morgan fingerprint density at radius 2 is 1.96 bits per heavy atom. The summed E-state index contributed by atoms with van der Waals surface area (Å²) in [7, 11) is 0. The fourth-order valence-electron chi connectivity index (χ4n) is 3.28. The molecule has 1 aromatic heterocycles. The minimum Gasteiger partial charge on any atom is -0.354 e. The second-order valence-electron chi connectivity index (χ2n) is 6.64. The van der Waals surface area contributed by atoms with Gasteiger partial charge in [-0.05, 0) is 31.2 Å². The third kappa shape index (κ3) is 5.67. The third-order valence-electron chi connectivity index (χ3n) is 4.11. The highest BCUT2D eigenvalue weighted by molar-refractivity contribution is 5.75. The number of hydrogen-bond acceptors (Lipinski definition) is 4. The molecule has 2 atom stereocenters. The van der Waals surface area contributed by atoms with Gasteiger partial charge in [0.1, 0.15) is 6.54 Å². The van der Waals surface area contributed by atoms with Gasteiger partial charge in [0.2, 0.25) is 5.91 Å². The maximum Gasteiger partial charge on any atom is 0.265 e. The minimum absolute atomic E-state index is 0.160. The molecular formula is C16H26N4O3. The highest BCUT2D eigenvalue weighted by atomic mass is 16.2. The minimum atomic E-state index is -0.397. The van der Waals surface area contributed by atoms with E-state index in [0.29, 0.717) is 6.54 Å². The van der Waals surface area contributed by atoms with E-state index in [9.17, 15) is 14.4 Å². The van der Waals surface area contributed by atoms with Gasteiger partial charge in [-0.3, -0.25) is 19.5 Å². The largest absolute Gasteiger partial charge is 0.354 e. The first kappa shape index (κ1) is 17.5. The van der Waals surface area contributed by atoms with Crippen LogP contribution in [0, 0.1) is 11.8 Å². The number of piperidine rings is 1. The molecule has 7 heteroatoms. The molecule has 1 aliphatic heterocycles. The molecule has 1 fully saturated rings. The van der Waals surface area contributed by atoms with Crippen molar-refractivity contribution in [2.24, 2.45) is 11.8 Å². The van der Waals surface area contributed by atoms with Crippen LogP contribution in [-0.4, -0.2) is 46.8 Å². The van der Waals surface area contributed by atoms with Crippen molar-refractivity contribution in [3.63, 3.8) is 0 Å². The zero-order valence-electron chi connectivity index (χ0n) is 13.9. The molecule has 2 N–H and O–H groups in total. The van der Waals surface area contributed by atoms with Crippen LogP contribution < -0.4 is 16.4 Å². The summed E-state index contributed by atoms with van der Waals surface area (Å²) in [5.41, 5.74) is -0.790. The molecule has 128 valence electrons. The van der Waals surface area contributed by atoms with E-state index in [4.69, 9.17) is 0 Å². The lowest BCUT2D eigenvalue weighted by Gasteiger charge is -2.34. The Balaban J connectivity index is 1.70. The molecule has 0 aromatic carbocycles. The zero-order chi connectivity index (χ0) is 16.8. The van der Waals surface area contributed by atoms with Crippen LogP contribution in [0.3, 0.4) is 0 Å². The molecule has 1 aromatic rings. The van der Waals surface area contributed by atoms with E-state index in [1.807, 2.05) is 0 Å². The van der Waals surface area contributed by atoms with Crippen LogP contribution in [0.1, 0.15) is 26.7 Å². The van der Waals surface area contributed by atoms with Crippen LogP contribution in [0.25, 0.3) is 0 Å². The predicted molar refractivity (Wildman–Crippen MR) is 88.3 cm³/mol. The van der Waals surface area contributed by atoms with Gasteiger partial charge in [-0.25, -0.2) is 4.68 Å². The maximum absolute atomic E-state index is 11.8. The van der Waals surface area contributed by atoms with Crippen molar-refractivity contribution >= 4 is 5.91 Å². The fourth-order valence-corrected chi connectivity index (χ4v) is 3.28. The second kappa shape index (κ2) is 8.10. The average Bonchev–Trinajstić information content (AvgIpc) is 2.46. The first-order valence-corrected chi connectivity index (χ1v) is 8.23. The van der Waals surface area contributed by atoms with Crippen LogP contribution in [-0.2, 0) is 11.3 Å². The second-order valence-corrected chi connectivity index (χ2v) is 6.64. The van der Waals surface area contributed by atoms with E-state index < -0.39 is 11.1 Å². The summed E-state index contributed by atoms with van der Waals surface area (Å²) in [6.45, 7) is 8.19. The lowest BCUT2D eigenvalue weighted by atomic mass is 9.92. The van der Waals surface area contributed by atoms with Gasteiger partial charge in [0, 0.05) is 31.8 Å². The molecule has 2 heterocycles. The Hall–Kier alpha value is -1.89. The summed E-state index contributed by atoms with van der Waals surface area (Å²) in [6, 6.07) is 2.31. The van der Waals surface area contributed by atoms with Gasteiger partial charge in [0.15, 0.2) is 0 Å². The lowest BCUT2D eigenvalue weighted by Crippen LogP contribution is -2.40. The van der Waals surface area contributed by atoms with E-state index in [1.165, 1.54) is 6.42 Å².